The highest BCUT2D eigenvalue weighted by Crippen LogP contribution is 2.36. The summed E-state index contributed by atoms with van der Waals surface area (Å²) in [5.41, 5.74) is 1.95. The lowest BCUT2D eigenvalue weighted by atomic mass is 10.2. The molecule has 0 saturated heterocycles. The molecule has 0 fully saturated rings. The van der Waals surface area contributed by atoms with Gasteiger partial charge in [-0.25, -0.2) is 4.57 Å². The lowest BCUT2D eigenvalue weighted by Gasteiger charge is -2.10. The van der Waals surface area contributed by atoms with Crippen LogP contribution in [0.2, 0.25) is 5.02 Å². The Kier molecular flexibility index (Phi) is 3.93. The fourth-order valence-corrected chi connectivity index (χ4v) is 2.42. The van der Waals surface area contributed by atoms with Crippen LogP contribution < -0.4 is 0 Å². The molecule has 0 atom stereocenters. The topological polar surface area (TPSA) is 69.2 Å². The summed E-state index contributed by atoms with van der Waals surface area (Å²) in [6, 6.07) is 6.74. The molecular formula is C13H11ClN2O2S. The highest BCUT2D eigenvalue weighted by Gasteiger charge is 2.17. The van der Waals surface area contributed by atoms with Crippen LogP contribution in [0.1, 0.15) is 11.1 Å². The van der Waals surface area contributed by atoms with Crippen molar-refractivity contribution in [2.75, 3.05) is 0 Å². The minimum atomic E-state index is -0.112. The molecule has 19 heavy (non-hydrogen) atoms. The van der Waals surface area contributed by atoms with Gasteiger partial charge in [-0.3, -0.25) is 0 Å². The first-order valence-corrected chi connectivity index (χ1v) is 6.81. The molecule has 0 aliphatic heterocycles. The number of halogens is 1. The number of hydrogen-bond donors (Lipinski definition) is 2. The van der Waals surface area contributed by atoms with E-state index < -0.39 is 0 Å². The molecular weight excluding hydrogens is 284 g/mol. The Morgan fingerprint density at radius 3 is 2.79 bits per heavy atom. The zero-order chi connectivity index (χ0) is 14.0. The molecule has 2 rings (SSSR count). The third kappa shape index (κ3) is 2.65. The minimum absolute atomic E-state index is 0.104. The molecule has 0 bridgehead atoms. The Bertz CT molecular complexity index is 661. The second-order valence-electron chi connectivity index (χ2n) is 4.02. The number of rotatable bonds is 3. The van der Waals surface area contributed by atoms with Crippen molar-refractivity contribution in [3.05, 3.63) is 40.4 Å². The summed E-state index contributed by atoms with van der Waals surface area (Å²) in [4.78, 5) is 0. The molecule has 0 aliphatic rings. The fourth-order valence-electron chi connectivity index (χ4n) is 1.78. The van der Waals surface area contributed by atoms with Crippen molar-refractivity contribution in [3.63, 3.8) is 0 Å². The number of thiocyanates is 1. The standard InChI is InChI=1S/C13H11ClN2O2S/c1-8-2-3-10(14)11(4-8)16-12(17)5-9(13(16)18)6-19-7-15/h2-5,17-18H,6H2,1H3. The van der Waals surface area contributed by atoms with Gasteiger partial charge >= 0.3 is 0 Å². The number of aromatic nitrogens is 1. The zero-order valence-corrected chi connectivity index (χ0v) is 11.7. The summed E-state index contributed by atoms with van der Waals surface area (Å²) in [7, 11) is 0. The second-order valence-corrected chi connectivity index (χ2v) is 5.19. The third-order valence-corrected chi connectivity index (χ3v) is 3.57. The van der Waals surface area contributed by atoms with E-state index >= 15 is 0 Å². The Labute approximate surface area is 119 Å². The maximum atomic E-state index is 10.1. The van der Waals surface area contributed by atoms with E-state index in [1.165, 1.54) is 10.6 Å². The van der Waals surface area contributed by atoms with Gasteiger partial charge in [0.15, 0.2) is 5.88 Å². The third-order valence-electron chi connectivity index (χ3n) is 2.67. The van der Waals surface area contributed by atoms with Crippen LogP contribution in [0.25, 0.3) is 5.69 Å². The summed E-state index contributed by atoms with van der Waals surface area (Å²) in [6.07, 6.45) is 0. The van der Waals surface area contributed by atoms with Gasteiger partial charge in [0.25, 0.3) is 0 Å². The van der Waals surface area contributed by atoms with Gasteiger partial charge in [-0.15, -0.1) is 0 Å². The predicted molar refractivity (Wildman–Crippen MR) is 75.8 cm³/mol. The average molecular weight is 295 g/mol. The van der Waals surface area contributed by atoms with Crippen molar-refractivity contribution in [2.24, 2.45) is 0 Å². The number of aromatic hydroxyl groups is 2. The van der Waals surface area contributed by atoms with E-state index in [9.17, 15) is 10.2 Å². The van der Waals surface area contributed by atoms with Gasteiger partial charge in [0.05, 0.1) is 10.7 Å². The van der Waals surface area contributed by atoms with E-state index in [1.807, 2.05) is 18.4 Å². The van der Waals surface area contributed by atoms with E-state index in [1.54, 1.807) is 12.1 Å². The van der Waals surface area contributed by atoms with Crippen LogP contribution in [-0.2, 0) is 5.75 Å². The maximum absolute atomic E-state index is 10.1. The first-order chi connectivity index (χ1) is 9.04. The normalized spacial score (nSPS) is 10.4. The van der Waals surface area contributed by atoms with Crippen LogP contribution in [-0.4, -0.2) is 14.8 Å². The van der Waals surface area contributed by atoms with Crippen LogP contribution in [0.5, 0.6) is 11.8 Å². The van der Waals surface area contributed by atoms with Crippen molar-refractivity contribution in [1.29, 1.82) is 5.26 Å². The molecule has 0 spiro atoms. The van der Waals surface area contributed by atoms with Gasteiger partial charge in [0.2, 0.25) is 5.88 Å². The van der Waals surface area contributed by atoms with Crippen LogP contribution in [0.3, 0.4) is 0 Å². The second kappa shape index (κ2) is 5.47. The van der Waals surface area contributed by atoms with Crippen molar-refractivity contribution >= 4 is 23.4 Å². The Balaban J connectivity index is 2.54. The van der Waals surface area contributed by atoms with Crippen LogP contribution in [0.15, 0.2) is 24.3 Å². The number of aryl methyl sites for hydroxylation is 1. The van der Waals surface area contributed by atoms with Gasteiger partial charge in [-0.05, 0) is 36.4 Å². The van der Waals surface area contributed by atoms with Gasteiger partial charge in [0, 0.05) is 17.4 Å². The van der Waals surface area contributed by atoms with Crippen LogP contribution in [0, 0.1) is 17.6 Å². The number of thioether (sulfide) groups is 1. The summed E-state index contributed by atoms with van der Waals surface area (Å²) in [5.74, 6) is 0.0815. The predicted octanol–water partition coefficient (Wildman–Crippen LogP) is 3.56. The number of benzene rings is 1. The molecule has 0 amide bonds. The summed E-state index contributed by atoms with van der Waals surface area (Å²) in [5, 5.41) is 30.9. The molecule has 98 valence electrons. The van der Waals surface area contributed by atoms with Crippen LogP contribution >= 0.6 is 23.4 Å². The molecule has 4 nitrogen and oxygen atoms in total. The molecule has 2 aromatic rings. The van der Waals surface area contributed by atoms with E-state index in [4.69, 9.17) is 16.9 Å². The average Bonchev–Trinajstić information content (AvgIpc) is 2.65. The molecule has 1 heterocycles. The SMILES string of the molecule is Cc1ccc(Cl)c(-n2c(O)cc(CSC#N)c2O)c1. The van der Waals surface area contributed by atoms with Gasteiger partial charge in [-0.1, -0.05) is 17.7 Å². The Morgan fingerprint density at radius 1 is 1.37 bits per heavy atom. The van der Waals surface area contributed by atoms with E-state index in [0.29, 0.717) is 22.0 Å². The van der Waals surface area contributed by atoms with E-state index in [0.717, 1.165) is 17.3 Å². The summed E-state index contributed by atoms with van der Waals surface area (Å²) < 4.78 is 1.27. The summed E-state index contributed by atoms with van der Waals surface area (Å²) >= 11 is 7.08. The molecule has 1 aromatic heterocycles. The highest BCUT2D eigenvalue weighted by atomic mass is 35.5. The van der Waals surface area contributed by atoms with Crippen molar-refractivity contribution in [1.82, 2.24) is 4.57 Å². The van der Waals surface area contributed by atoms with Crippen molar-refractivity contribution in [3.8, 4) is 22.8 Å². The molecule has 1 aromatic carbocycles. The highest BCUT2D eigenvalue weighted by molar-refractivity contribution is 8.02. The Hall–Kier alpha value is -1.77. The minimum Gasteiger partial charge on any atom is -0.494 e. The molecule has 0 radical (unpaired) electrons. The van der Waals surface area contributed by atoms with Gasteiger partial charge in [-0.2, -0.15) is 5.26 Å². The zero-order valence-electron chi connectivity index (χ0n) is 10.1. The lowest BCUT2D eigenvalue weighted by molar-refractivity contribution is 0.401. The first kappa shape index (κ1) is 13.7. The maximum Gasteiger partial charge on any atom is 0.202 e. The number of nitriles is 1. The number of nitrogens with zero attached hydrogens (tertiary/aromatic N) is 2. The first-order valence-electron chi connectivity index (χ1n) is 5.44. The molecule has 0 aliphatic carbocycles. The van der Waals surface area contributed by atoms with Crippen LogP contribution in [0.4, 0.5) is 0 Å². The smallest absolute Gasteiger partial charge is 0.202 e. The summed E-state index contributed by atoms with van der Waals surface area (Å²) in [6.45, 7) is 1.89. The van der Waals surface area contributed by atoms with Crippen molar-refractivity contribution < 1.29 is 10.2 Å². The lowest BCUT2D eigenvalue weighted by Crippen LogP contribution is -1.95. The van der Waals surface area contributed by atoms with E-state index in [-0.39, 0.29) is 11.8 Å². The van der Waals surface area contributed by atoms with Gasteiger partial charge < -0.3 is 10.2 Å². The largest absolute Gasteiger partial charge is 0.494 e. The molecule has 6 heteroatoms. The van der Waals surface area contributed by atoms with Crippen molar-refractivity contribution in [2.45, 2.75) is 12.7 Å². The number of hydrogen-bond acceptors (Lipinski definition) is 4. The quantitative estimate of drug-likeness (QED) is 0.849. The molecule has 2 N–H and O–H groups in total. The molecule has 0 saturated carbocycles. The Morgan fingerprint density at radius 2 is 2.11 bits per heavy atom. The monoisotopic (exact) mass is 294 g/mol. The molecule has 0 unspecified atom stereocenters. The van der Waals surface area contributed by atoms with Gasteiger partial charge in [0.1, 0.15) is 5.40 Å². The fraction of sp³-hybridized carbons (Fsp3) is 0.154. The van der Waals surface area contributed by atoms with E-state index in [2.05, 4.69) is 0 Å².